The van der Waals surface area contributed by atoms with Crippen LogP contribution < -0.4 is 14.2 Å². The number of esters is 1. The van der Waals surface area contributed by atoms with Crippen LogP contribution in [0.1, 0.15) is 85.0 Å². The Hall–Kier alpha value is -4.04. The molecule has 13 nitrogen and oxygen atoms in total. The number of likely N-dealkylation sites (tertiary alicyclic amines) is 1. The lowest BCUT2D eigenvalue weighted by Crippen LogP contribution is -2.48. The first-order chi connectivity index (χ1) is 24.6. The van der Waals surface area contributed by atoms with Crippen molar-refractivity contribution in [2.24, 2.45) is 22.7 Å². The molecule has 3 aliphatic carbocycles. The van der Waals surface area contributed by atoms with E-state index in [0.29, 0.717) is 24.5 Å². The fourth-order valence-electron chi connectivity index (χ4n) is 7.51. The highest BCUT2D eigenvalue weighted by Gasteiger charge is 2.61. The number of pyridine rings is 1. The fraction of sp³-hybridized carbons (Fsp3) is 0.605. The minimum atomic E-state index is -4.37. The summed E-state index contributed by atoms with van der Waals surface area (Å²) in [5, 5.41) is 1.55. The molecule has 2 heterocycles. The number of nitrogens with one attached hydrogen (secondary N) is 1. The predicted octanol–water partition coefficient (Wildman–Crippen LogP) is 4.82. The standard InChI is InChI=1S/C38H49N3O10S/c1-6-24-20-38(24,36(45)40-52(46,47)51-26-11-12-26)21-32(42)31-18-28(50-34-29-14-13-27(48-5)17-23(29)15-16-39-34)22-41(31)35(44)30(37(2,3)4)19-33(43)49-25-9-7-8-10-25/h6,13-17,24-26,28,30-31H,1,7-12,18-22H2,2-5H3,(H,40,45)/t24-,28-,30-,31+,38-/m1/s1. The number of ketones is 1. The molecule has 0 unspecified atom stereocenters. The lowest BCUT2D eigenvalue weighted by atomic mass is 9.77. The van der Waals surface area contributed by atoms with Crippen LogP contribution in [0.2, 0.25) is 0 Å². The molecular weight excluding hydrogens is 690 g/mol. The molecule has 5 atom stereocenters. The Labute approximate surface area is 305 Å². The van der Waals surface area contributed by atoms with Gasteiger partial charge in [-0.25, -0.2) is 9.71 Å². The molecule has 1 saturated heterocycles. The normalized spacial score (nSPS) is 25.4. The first-order valence-electron chi connectivity index (χ1n) is 18.1. The number of rotatable bonds is 15. The number of benzene rings is 1. The average molecular weight is 740 g/mol. The van der Waals surface area contributed by atoms with Crippen LogP contribution in [0.3, 0.4) is 0 Å². The number of allylic oxidation sites excluding steroid dienone is 1. The van der Waals surface area contributed by atoms with E-state index in [9.17, 15) is 27.6 Å². The van der Waals surface area contributed by atoms with E-state index < -0.39 is 74.8 Å². The zero-order valence-electron chi connectivity index (χ0n) is 30.3. The highest BCUT2D eigenvalue weighted by atomic mass is 32.2. The summed E-state index contributed by atoms with van der Waals surface area (Å²) < 4.78 is 49.7. The van der Waals surface area contributed by atoms with E-state index in [0.717, 1.165) is 36.5 Å². The molecular formula is C38H49N3O10S. The molecule has 1 aliphatic heterocycles. The second-order valence-corrected chi connectivity index (χ2v) is 17.0. The third kappa shape index (κ3) is 8.43. The van der Waals surface area contributed by atoms with Crippen LogP contribution in [0.25, 0.3) is 10.8 Å². The highest BCUT2D eigenvalue weighted by Crippen LogP contribution is 2.57. The third-order valence-electron chi connectivity index (χ3n) is 10.8. The molecule has 2 aromatic rings. The van der Waals surface area contributed by atoms with Gasteiger partial charge < -0.3 is 19.1 Å². The Balaban J connectivity index is 1.26. The van der Waals surface area contributed by atoms with Crippen molar-refractivity contribution in [3.8, 4) is 11.6 Å². The van der Waals surface area contributed by atoms with Crippen molar-refractivity contribution >= 4 is 44.6 Å². The largest absolute Gasteiger partial charge is 0.497 e. The van der Waals surface area contributed by atoms with Crippen LogP contribution in [-0.2, 0) is 38.4 Å². The molecule has 4 aliphatic rings. The molecule has 52 heavy (non-hydrogen) atoms. The fourth-order valence-corrected chi connectivity index (χ4v) is 8.54. The maximum atomic E-state index is 14.6. The lowest BCUT2D eigenvalue weighted by molar-refractivity contribution is -0.156. The van der Waals surface area contributed by atoms with Gasteiger partial charge in [-0.1, -0.05) is 26.8 Å². The van der Waals surface area contributed by atoms with Crippen LogP contribution in [-0.4, -0.2) is 79.9 Å². The monoisotopic (exact) mass is 739 g/mol. The topological polar surface area (TPSA) is 168 Å². The van der Waals surface area contributed by atoms with Gasteiger partial charge in [0.2, 0.25) is 17.7 Å². The van der Waals surface area contributed by atoms with Gasteiger partial charge in [0.15, 0.2) is 5.78 Å². The molecule has 6 rings (SSSR count). The van der Waals surface area contributed by atoms with E-state index in [1.165, 1.54) is 11.0 Å². The molecule has 1 N–H and O–H groups in total. The van der Waals surface area contributed by atoms with Crippen LogP contribution in [0.4, 0.5) is 0 Å². The van der Waals surface area contributed by atoms with Gasteiger partial charge in [0.25, 0.3) is 0 Å². The van der Waals surface area contributed by atoms with E-state index in [1.54, 1.807) is 19.4 Å². The number of amides is 2. The number of nitrogens with zero attached hydrogens (tertiary/aromatic N) is 2. The first-order valence-corrected chi connectivity index (χ1v) is 19.5. The molecule has 4 fully saturated rings. The molecule has 2 amide bonds. The van der Waals surface area contributed by atoms with E-state index in [2.05, 4.69) is 11.6 Å². The Kier molecular flexibility index (Phi) is 10.7. The van der Waals surface area contributed by atoms with Crippen molar-refractivity contribution in [1.82, 2.24) is 14.6 Å². The van der Waals surface area contributed by atoms with Crippen LogP contribution in [0.15, 0.2) is 43.1 Å². The SMILES string of the molecule is C=C[C@@H]1C[C@]1(CC(=O)[C@@H]1C[C@@H](Oc2nccc3cc(OC)ccc23)CN1C(=O)[C@@H](CC(=O)OC1CCCC1)C(C)(C)C)C(=O)NS(=O)(=O)OC1CC1. The van der Waals surface area contributed by atoms with Gasteiger partial charge in [-0.05, 0) is 85.9 Å². The number of fused-ring (bicyclic) bond motifs is 1. The minimum Gasteiger partial charge on any atom is -0.497 e. The second kappa shape index (κ2) is 14.8. The van der Waals surface area contributed by atoms with Crippen molar-refractivity contribution in [1.29, 1.82) is 0 Å². The summed E-state index contributed by atoms with van der Waals surface area (Å²) in [6, 6.07) is 6.28. The van der Waals surface area contributed by atoms with Gasteiger partial charge in [-0.2, -0.15) is 8.42 Å². The smallest absolute Gasteiger partial charge is 0.362 e. The molecule has 14 heteroatoms. The number of hydrogen-bond donors (Lipinski definition) is 1. The predicted molar refractivity (Wildman–Crippen MR) is 190 cm³/mol. The van der Waals surface area contributed by atoms with Crippen molar-refractivity contribution in [2.45, 2.75) is 109 Å². The summed E-state index contributed by atoms with van der Waals surface area (Å²) in [5.41, 5.74) is -2.03. The van der Waals surface area contributed by atoms with E-state index in [1.807, 2.05) is 43.7 Å². The summed E-state index contributed by atoms with van der Waals surface area (Å²) in [6.07, 6.45) is 6.44. The number of carbonyl (C=O) groups is 4. The average Bonchev–Trinajstić information content (AvgIpc) is 3.92. The van der Waals surface area contributed by atoms with Gasteiger partial charge in [-0.3, -0.25) is 23.4 Å². The molecule has 1 aromatic heterocycles. The molecule has 1 aromatic carbocycles. The minimum absolute atomic E-state index is 0.0292. The summed E-state index contributed by atoms with van der Waals surface area (Å²) in [6.45, 7) is 9.44. The highest BCUT2D eigenvalue weighted by molar-refractivity contribution is 7.85. The van der Waals surface area contributed by atoms with E-state index >= 15 is 0 Å². The van der Waals surface area contributed by atoms with Gasteiger partial charge in [0, 0.05) is 24.4 Å². The maximum absolute atomic E-state index is 14.6. The van der Waals surface area contributed by atoms with E-state index in [4.69, 9.17) is 18.4 Å². The summed E-state index contributed by atoms with van der Waals surface area (Å²) in [7, 11) is -2.80. The van der Waals surface area contributed by atoms with Crippen molar-refractivity contribution < 1.29 is 46.0 Å². The number of Topliss-reactive ketones (excluding diaryl/α,β-unsaturated/α-hetero) is 1. The van der Waals surface area contributed by atoms with E-state index in [-0.39, 0.29) is 38.3 Å². The Bertz CT molecular complexity index is 1830. The Morgan fingerprint density at radius 3 is 2.44 bits per heavy atom. The third-order valence-corrected chi connectivity index (χ3v) is 11.8. The lowest BCUT2D eigenvalue weighted by Gasteiger charge is -2.35. The second-order valence-electron chi connectivity index (χ2n) is 15.7. The van der Waals surface area contributed by atoms with Gasteiger partial charge in [-0.15, -0.1) is 6.58 Å². The molecule has 3 saturated carbocycles. The van der Waals surface area contributed by atoms with Crippen molar-refractivity contribution in [3.05, 3.63) is 43.1 Å². The number of ether oxygens (including phenoxy) is 3. The first kappa shape index (κ1) is 37.7. The van der Waals surface area contributed by atoms with Gasteiger partial charge in [0.05, 0.1) is 43.6 Å². The molecule has 0 spiro atoms. The maximum Gasteiger partial charge on any atom is 0.362 e. The van der Waals surface area contributed by atoms with Gasteiger partial charge in [0.1, 0.15) is 18.0 Å². The quantitative estimate of drug-likeness (QED) is 0.197. The zero-order valence-corrected chi connectivity index (χ0v) is 31.1. The van der Waals surface area contributed by atoms with Gasteiger partial charge >= 0.3 is 16.3 Å². The number of hydrogen-bond acceptors (Lipinski definition) is 11. The molecule has 0 radical (unpaired) electrons. The Morgan fingerprint density at radius 2 is 1.81 bits per heavy atom. The van der Waals surface area contributed by atoms with Crippen LogP contribution in [0, 0.1) is 22.7 Å². The van der Waals surface area contributed by atoms with Crippen molar-refractivity contribution in [3.63, 3.8) is 0 Å². The zero-order chi connectivity index (χ0) is 37.4. The summed E-state index contributed by atoms with van der Waals surface area (Å²) >= 11 is 0. The van der Waals surface area contributed by atoms with Crippen LogP contribution in [0.5, 0.6) is 11.6 Å². The number of aromatic nitrogens is 1. The van der Waals surface area contributed by atoms with Crippen LogP contribution >= 0.6 is 0 Å². The number of carbonyl (C=O) groups excluding carboxylic acids is 4. The molecule has 0 bridgehead atoms. The van der Waals surface area contributed by atoms with Crippen molar-refractivity contribution in [2.75, 3.05) is 13.7 Å². The Morgan fingerprint density at radius 1 is 1.08 bits per heavy atom. The summed E-state index contributed by atoms with van der Waals surface area (Å²) in [5.74, 6) is -2.39. The summed E-state index contributed by atoms with van der Waals surface area (Å²) in [4.78, 5) is 61.6. The molecule has 282 valence electrons. The number of methoxy groups -OCH3 is 1.